The maximum Gasteiger partial charge on any atom is 0.267 e. The summed E-state index contributed by atoms with van der Waals surface area (Å²) in [5.41, 5.74) is 3.62. The number of nitrogens with one attached hydrogen (secondary N) is 2. The molecule has 2 N–H and O–H groups in total. The third-order valence-corrected chi connectivity index (χ3v) is 9.71. The number of aryl methyl sites for hydroxylation is 2. The molecule has 1 aliphatic rings. The lowest BCUT2D eigenvalue weighted by Gasteiger charge is -2.34. The van der Waals surface area contributed by atoms with Crippen LogP contribution in [-0.2, 0) is 30.6 Å². The first-order chi connectivity index (χ1) is 19.5. The average molecular weight is 592 g/mol. The lowest BCUT2D eigenvalue weighted by molar-refractivity contribution is -0.122. The second kappa shape index (κ2) is 11.3. The molecular weight excluding hydrogens is 562 g/mol. The first kappa shape index (κ1) is 28.2. The van der Waals surface area contributed by atoms with Crippen molar-refractivity contribution >= 4 is 43.0 Å². The van der Waals surface area contributed by atoms with Crippen LogP contribution in [0.1, 0.15) is 16.7 Å². The maximum absolute atomic E-state index is 13.4. The van der Waals surface area contributed by atoms with Gasteiger partial charge in [-0.25, -0.2) is 16.8 Å². The van der Waals surface area contributed by atoms with E-state index < -0.39 is 32.1 Å². The Kier molecular flexibility index (Phi) is 7.74. The third-order valence-electron chi connectivity index (χ3n) is 6.61. The molecule has 5 rings (SSSR count). The minimum absolute atomic E-state index is 0.0245. The van der Waals surface area contributed by atoms with Crippen molar-refractivity contribution in [2.75, 3.05) is 20.9 Å². The molecule has 4 aromatic rings. The number of carbonyl (C=O) groups is 1. The summed E-state index contributed by atoms with van der Waals surface area (Å²) in [4.78, 5) is 13.2. The Hall–Kier alpha value is -4.35. The predicted octanol–water partition coefficient (Wildman–Crippen LogP) is 4.84. The Morgan fingerprint density at radius 2 is 1.56 bits per heavy atom. The van der Waals surface area contributed by atoms with Gasteiger partial charge in [-0.2, -0.15) is 0 Å². The van der Waals surface area contributed by atoms with E-state index in [-0.39, 0.29) is 22.9 Å². The highest BCUT2D eigenvalue weighted by molar-refractivity contribution is 7.92. The van der Waals surface area contributed by atoms with Crippen molar-refractivity contribution in [3.05, 3.63) is 114 Å². The zero-order valence-corrected chi connectivity index (χ0v) is 24.1. The number of amides is 1. The van der Waals surface area contributed by atoms with Crippen LogP contribution in [0.3, 0.4) is 0 Å². The van der Waals surface area contributed by atoms with Crippen molar-refractivity contribution in [2.24, 2.45) is 0 Å². The monoisotopic (exact) mass is 591 g/mol. The number of para-hydroxylation sites is 2. The molecule has 41 heavy (non-hydrogen) atoms. The van der Waals surface area contributed by atoms with E-state index in [1.807, 2.05) is 32.0 Å². The van der Waals surface area contributed by atoms with E-state index in [2.05, 4.69) is 10.0 Å². The Bertz CT molecular complexity index is 1790. The summed E-state index contributed by atoms with van der Waals surface area (Å²) in [6, 6.07) is 26.6. The van der Waals surface area contributed by atoms with Crippen molar-refractivity contribution in [3.8, 4) is 5.75 Å². The summed E-state index contributed by atoms with van der Waals surface area (Å²) in [5, 5.41) is 2.71. The van der Waals surface area contributed by atoms with Crippen molar-refractivity contribution in [1.82, 2.24) is 0 Å². The molecule has 1 aliphatic heterocycles. The van der Waals surface area contributed by atoms with Crippen molar-refractivity contribution in [2.45, 2.75) is 30.6 Å². The summed E-state index contributed by atoms with van der Waals surface area (Å²) in [5.74, 6) is -0.527. The molecule has 212 valence electrons. The predicted molar refractivity (Wildman–Crippen MR) is 159 cm³/mol. The lowest BCUT2D eigenvalue weighted by atomic mass is 10.1. The SMILES string of the molecule is Cc1ccc(NS(=O)(=O)c2ccc(NC(=O)C3CN(S(=O)(=O)Cc4ccccc4)c4ccccc4O3)cc2)c(C)c1. The van der Waals surface area contributed by atoms with Crippen molar-refractivity contribution in [3.63, 3.8) is 0 Å². The van der Waals surface area contributed by atoms with Gasteiger partial charge in [0.2, 0.25) is 10.0 Å². The first-order valence-electron chi connectivity index (χ1n) is 12.8. The van der Waals surface area contributed by atoms with Crippen molar-refractivity contribution in [1.29, 1.82) is 0 Å². The van der Waals surface area contributed by atoms with Crippen LogP contribution in [-0.4, -0.2) is 35.4 Å². The van der Waals surface area contributed by atoms with Gasteiger partial charge in [-0.15, -0.1) is 0 Å². The molecule has 11 heteroatoms. The van der Waals surface area contributed by atoms with Gasteiger partial charge in [0.15, 0.2) is 6.10 Å². The number of carbonyl (C=O) groups excluding carboxylic acids is 1. The molecule has 0 aromatic heterocycles. The Morgan fingerprint density at radius 3 is 2.27 bits per heavy atom. The van der Waals surface area contributed by atoms with E-state index in [0.29, 0.717) is 22.6 Å². The normalized spacial score (nSPS) is 15.0. The van der Waals surface area contributed by atoms with Crippen LogP contribution in [0.25, 0.3) is 0 Å². The van der Waals surface area contributed by atoms with Crippen LogP contribution in [0, 0.1) is 13.8 Å². The lowest BCUT2D eigenvalue weighted by Crippen LogP contribution is -2.49. The van der Waals surface area contributed by atoms with Gasteiger partial charge in [-0.1, -0.05) is 60.2 Å². The van der Waals surface area contributed by atoms with Crippen molar-refractivity contribution < 1.29 is 26.4 Å². The topological polar surface area (TPSA) is 122 Å². The minimum Gasteiger partial charge on any atom is -0.476 e. The fourth-order valence-corrected chi connectivity index (χ4v) is 7.25. The smallest absolute Gasteiger partial charge is 0.267 e. The largest absolute Gasteiger partial charge is 0.476 e. The number of hydrogen-bond acceptors (Lipinski definition) is 6. The second-order valence-corrected chi connectivity index (χ2v) is 13.4. The van der Waals surface area contributed by atoms with Gasteiger partial charge >= 0.3 is 0 Å². The van der Waals surface area contributed by atoms with Gasteiger partial charge in [-0.05, 0) is 67.4 Å². The summed E-state index contributed by atoms with van der Waals surface area (Å²) in [6.07, 6.45) is -1.13. The van der Waals surface area contributed by atoms with Crippen LogP contribution in [0.2, 0.25) is 0 Å². The minimum atomic E-state index is -3.86. The number of nitrogens with zero attached hydrogens (tertiary/aromatic N) is 1. The summed E-state index contributed by atoms with van der Waals surface area (Å²) in [7, 11) is -7.70. The molecule has 9 nitrogen and oxygen atoms in total. The summed E-state index contributed by atoms with van der Waals surface area (Å²) < 4.78 is 62.4. The number of anilines is 3. The quantitative estimate of drug-likeness (QED) is 0.302. The molecule has 1 atom stereocenters. The molecule has 4 aromatic carbocycles. The molecule has 0 aliphatic carbocycles. The number of sulfonamides is 2. The van der Waals surface area contributed by atoms with E-state index in [9.17, 15) is 21.6 Å². The van der Waals surface area contributed by atoms with Crippen LogP contribution >= 0.6 is 0 Å². The molecule has 0 saturated heterocycles. The fraction of sp³-hybridized carbons (Fsp3) is 0.167. The zero-order valence-electron chi connectivity index (χ0n) is 22.4. The van der Waals surface area contributed by atoms with Crippen LogP contribution in [0.5, 0.6) is 5.75 Å². The van der Waals surface area contributed by atoms with Crippen LogP contribution < -0.4 is 19.1 Å². The van der Waals surface area contributed by atoms with Gasteiger partial charge in [-0.3, -0.25) is 13.8 Å². The van der Waals surface area contributed by atoms with Gasteiger partial charge in [0.25, 0.3) is 15.9 Å². The Labute approximate surface area is 239 Å². The molecule has 1 heterocycles. The third kappa shape index (κ3) is 6.36. The molecule has 0 fully saturated rings. The summed E-state index contributed by atoms with van der Waals surface area (Å²) in [6.45, 7) is 3.53. The van der Waals surface area contributed by atoms with Crippen LogP contribution in [0.4, 0.5) is 17.1 Å². The highest BCUT2D eigenvalue weighted by Crippen LogP contribution is 2.36. The standard InChI is InChI=1S/C30H29N3O6S2/c1-21-12-17-26(22(2)18-21)32-41(37,38)25-15-13-24(14-16-25)31-30(34)29-19-33(27-10-6-7-11-28(27)39-29)40(35,36)20-23-8-4-3-5-9-23/h3-18,29,32H,19-20H2,1-2H3,(H,31,34). The zero-order chi connectivity index (χ0) is 29.2. The molecular formula is C30H29N3O6S2. The highest BCUT2D eigenvalue weighted by atomic mass is 32.2. The fourth-order valence-electron chi connectivity index (χ4n) is 4.54. The van der Waals surface area contributed by atoms with Gasteiger partial charge < -0.3 is 10.1 Å². The number of rotatable bonds is 8. The highest BCUT2D eigenvalue weighted by Gasteiger charge is 2.36. The first-order valence-corrected chi connectivity index (χ1v) is 15.9. The Morgan fingerprint density at radius 1 is 0.878 bits per heavy atom. The molecule has 1 amide bonds. The van der Waals surface area contributed by atoms with E-state index in [4.69, 9.17) is 4.74 Å². The van der Waals surface area contributed by atoms with Gasteiger partial charge in [0, 0.05) is 5.69 Å². The van der Waals surface area contributed by atoms with E-state index in [1.165, 1.54) is 28.6 Å². The second-order valence-electron chi connectivity index (χ2n) is 9.78. The molecule has 0 radical (unpaired) electrons. The van der Waals surface area contributed by atoms with E-state index in [1.54, 1.807) is 54.6 Å². The summed E-state index contributed by atoms with van der Waals surface area (Å²) >= 11 is 0. The van der Waals surface area contributed by atoms with E-state index >= 15 is 0 Å². The van der Waals surface area contributed by atoms with Crippen LogP contribution in [0.15, 0.2) is 102 Å². The maximum atomic E-state index is 13.4. The molecule has 0 bridgehead atoms. The number of hydrogen-bond donors (Lipinski definition) is 2. The number of fused-ring (bicyclic) bond motifs is 1. The van der Waals surface area contributed by atoms with E-state index in [0.717, 1.165) is 11.1 Å². The molecule has 1 unspecified atom stereocenters. The number of ether oxygens (including phenoxy) is 1. The number of benzene rings is 4. The van der Waals surface area contributed by atoms with Gasteiger partial charge in [0.05, 0.1) is 28.6 Å². The Balaban J connectivity index is 1.31. The van der Waals surface area contributed by atoms with Gasteiger partial charge in [0.1, 0.15) is 5.75 Å². The average Bonchev–Trinajstić information content (AvgIpc) is 2.94. The molecule has 0 spiro atoms. The molecule has 0 saturated carbocycles.